The van der Waals surface area contributed by atoms with Crippen LogP contribution in [-0.4, -0.2) is 31.3 Å². The molecule has 3 N–H and O–H groups in total. The number of benzene rings is 1. The molecule has 3 aromatic heterocycles. The molecule has 188 valence electrons. The third-order valence-electron chi connectivity index (χ3n) is 5.91. The van der Waals surface area contributed by atoms with Crippen LogP contribution in [0.3, 0.4) is 0 Å². The number of halogens is 6. The molecule has 1 aliphatic rings. The molecule has 36 heavy (non-hydrogen) atoms. The summed E-state index contributed by atoms with van der Waals surface area (Å²) < 4.78 is 82.0. The minimum absolute atomic E-state index is 0.000560. The van der Waals surface area contributed by atoms with Crippen LogP contribution in [-0.2, 0) is 32.0 Å². The second-order valence-corrected chi connectivity index (χ2v) is 8.16. The van der Waals surface area contributed by atoms with E-state index in [1.807, 2.05) is 0 Å². The summed E-state index contributed by atoms with van der Waals surface area (Å²) >= 11 is 0. The number of nitrogens with two attached hydrogens (primary N) is 1. The van der Waals surface area contributed by atoms with E-state index in [1.54, 1.807) is 24.3 Å². The van der Waals surface area contributed by atoms with Gasteiger partial charge in [-0.1, -0.05) is 12.1 Å². The van der Waals surface area contributed by atoms with Gasteiger partial charge in [0.25, 0.3) is 0 Å². The summed E-state index contributed by atoms with van der Waals surface area (Å²) in [7, 11) is 0. The summed E-state index contributed by atoms with van der Waals surface area (Å²) in [5.41, 5.74) is 5.47. The molecule has 5 rings (SSSR count). The van der Waals surface area contributed by atoms with Gasteiger partial charge in [-0.2, -0.15) is 26.3 Å². The van der Waals surface area contributed by atoms with Crippen molar-refractivity contribution in [3.8, 4) is 0 Å². The van der Waals surface area contributed by atoms with Gasteiger partial charge in [-0.05, 0) is 18.2 Å². The van der Waals surface area contributed by atoms with E-state index in [2.05, 4.69) is 25.5 Å². The van der Waals surface area contributed by atoms with E-state index in [-0.39, 0.29) is 43.4 Å². The summed E-state index contributed by atoms with van der Waals surface area (Å²) in [5.74, 6) is -0.844. The Morgan fingerprint density at radius 3 is 2.50 bits per heavy atom. The van der Waals surface area contributed by atoms with Crippen LogP contribution in [0.25, 0.3) is 10.8 Å². The number of aromatic nitrogens is 5. The Bertz CT molecular complexity index is 1430. The second kappa shape index (κ2) is 8.53. The normalized spacial score (nSPS) is 14.2. The summed E-state index contributed by atoms with van der Waals surface area (Å²) in [5, 5.41) is 11.1. The SMILES string of the molecule is Nc1nccc2c(NCc3cnc(N4CCn5c(nnc5C(F)(F)F)C4)cc3C(F)(F)F)cccc12. The van der Waals surface area contributed by atoms with Crippen molar-refractivity contribution in [3.63, 3.8) is 0 Å². The lowest BCUT2D eigenvalue weighted by Crippen LogP contribution is -2.36. The summed E-state index contributed by atoms with van der Waals surface area (Å²) in [6.07, 6.45) is -6.72. The number of pyridine rings is 2. The fourth-order valence-corrected chi connectivity index (χ4v) is 4.19. The molecule has 0 spiro atoms. The predicted molar refractivity (Wildman–Crippen MR) is 119 cm³/mol. The number of nitrogens with one attached hydrogen (secondary N) is 1. The zero-order chi connectivity index (χ0) is 25.7. The molecule has 0 atom stereocenters. The summed E-state index contributed by atoms with van der Waals surface area (Å²) in [6, 6.07) is 7.80. The van der Waals surface area contributed by atoms with Gasteiger partial charge in [-0.3, -0.25) is 0 Å². The Morgan fingerprint density at radius 1 is 0.944 bits per heavy atom. The van der Waals surface area contributed by atoms with Crippen molar-refractivity contribution in [2.24, 2.45) is 0 Å². The van der Waals surface area contributed by atoms with Gasteiger partial charge in [0.15, 0.2) is 5.82 Å². The standard InChI is InChI=1S/C22H18F6N8/c23-21(24,25)15-8-17(35-6-7-36-18(11-35)33-34-20(36)22(26,27)28)32-10-12(15)9-31-16-3-1-2-14-13(16)4-5-30-19(14)29/h1-5,8,10,31H,6-7,9,11H2,(H2,29,30). The van der Waals surface area contributed by atoms with Crippen LogP contribution in [0, 0.1) is 0 Å². The Labute approximate surface area is 199 Å². The molecule has 8 nitrogen and oxygen atoms in total. The zero-order valence-corrected chi connectivity index (χ0v) is 18.4. The van der Waals surface area contributed by atoms with Crippen molar-refractivity contribution >= 4 is 28.1 Å². The number of alkyl halides is 6. The molecule has 0 aliphatic carbocycles. The number of hydrogen-bond acceptors (Lipinski definition) is 7. The number of hydrogen-bond donors (Lipinski definition) is 2. The molecular weight excluding hydrogens is 490 g/mol. The van der Waals surface area contributed by atoms with Crippen molar-refractivity contribution in [1.29, 1.82) is 0 Å². The molecule has 14 heteroatoms. The van der Waals surface area contributed by atoms with Crippen LogP contribution >= 0.6 is 0 Å². The molecule has 0 fully saturated rings. The largest absolute Gasteiger partial charge is 0.451 e. The number of rotatable bonds is 4. The van der Waals surface area contributed by atoms with E-state index in [0.717, 1.165) is 16.8 Å². The minimum Gasteiger partial charge on any atom is -0.383 e. The van der Waals surface area contributed by atoms with Crippen molar-refractivity contribution in [1.82, 2.24) is 24.7 Å². The molecule has 4 aromatic rings. The molecular formula is C22H18F6N8. The van der Waals surface area contributed by atoms with Gasteiger partial charge in [0.05, 0.1) is 12.1 Å². The highest BCUT2D eigenvalue weighted by atomic mass is 19.4. The van der Waals surface area contributed by atoms with E-state index < -0.39 is 23.7 Å². The fraction of sp³-hybridized carbons (Fsp3) is 0.273. The highest BCUT2D eigenvalue weighted by Gasteiger charge is 2.40. The van der Waals surface area contributed by atoms with Gasteiger partial charge in [0.2, 0.25) is 5.82 Å². The van der Waals surface area contributed by atoms with Crippen LogP contribution in [0.1, 0.15) is 22.8 Å². The van der Waals surface area contributed by atoms with Crippen LogP contribution in [0.15, 0.2) is 42.7 Å². The first-order chi connectivity index (χ1) is 17.0. The van der Waals surface area contributed by atoms with Gasteiger partial charge < -0.3 is 20.5 Å². The monoisotopic (exact) mass is 508 g/mol. The van der Waals surface area contributed by atoms with Gasteiger partial charge >= 0.3 is 12.4 Å². The first-order valence-electron chi connectivity index (χ1n) is 10.7. The van der Waals surface area contributed by atoms with Crippen molar-refractivity contribution < 1.29 is 26.3 Å². The molecule has 0 saturated heterocycles. The molecule has 1 aliphatic heterocycles. The third kappa shape index (κ3) is 4.33. The minimum atomic E-state index is -4.68. The average molecular weight is 508 g/mol. The Balaban J connectivity index is 1.41. The van der Waals surface area contributed by atoms with Crippen LogP contribution in [0.2, 0.25) is 0 Å². The first kappa shape index (κ1) is 23.6. The van der Waals surface area contributed by atoms with Crippen molar-refractivity contribution in [2.75, 3.05) is 22.5 Å². The maximum Gasteiger partial charge on any atom is 0.451 e. The molecule has 0 unspecified atom stereocenters. The van der Waals surface area contributed by atoms with Gasteiger partial charge in [-0.15, -0.1) is 10.2 Å². The van der Waals surface area contributed by atoms with Gasteiger partial charge in [-0.25, -0.2) is 9.97 Å². The quantitative estimate of drug-likeness (QED) is 0.393. The van der Waals surface area contributed by atoms with Crippen molar-refractivity contribution in [2.45, 2.75) is 32.0 Å². The van der Waals surface area contributed by atoms with Gasteiger partial charge in [0, 0.05) is 54.1 Å². The average Bonchev–Trinajstić information content (AvgIpc) is 3.26. The number of fused-ring (bicyclic) bond motifs is 2. The highest BCUT2D eigenvalue weighted by Crippen LogP contribution is 2.36. The van der Waals surface area contributed by atoms with Crippen molar-refractivity contribution in [3.05, 3.63) is 65.5 Å². The lowest BCUT2D eigenvalue weighted by atomic mass is 10.1. The van der Waals surface area contributed by atoms with Crippen LogP contribution in [0.5, 0.6) is 0 Å². The molecule has 0 saturated carbocycles. The van der Waals surface area contributed by atoms with E-state index >= 15 is 0 Å². The Kier molecular flexibility index (Phi) is 5.60. The number of nitrogens with zero attached hydrogens (tertiary/aromatic N) is 6. The molecule has 0 bridgehead atoms. The molecule has 4 heterocycles. The summed E-state index contributed by atoms with van der Waals surface area (Å²) in [6.45, 7) is -0.451. The lowest BCUT2D eigenvalue weighted by Gasteiger charge is -2.29. The Morgan fingerprint density at radius 2 is 1.75 bits per heavy atom. The maximum atomic E-state index is 14.0. The highest BCUT2D eigenvalue weighted by molar-refractivity contribution is 5.99. The number of anilines is 3. The topological polar surface area (TPSA) is 97.8 Å². The van der Waals surface area contributed by atoms with Gasteiger partial charge in [0.1, 0.15) is 11.6 Å². The van der Waals surface area contributed by atoms with Crippen LogP contribution in [0.4, 0.5) is 43.7 Å². The zero-order valence-electron chi connectivity index (χ0n) is 18.4. The molecule has 0 amide bonds. The Hall–Kier alpha value is -4.10. The van der Waals surface area contributed by atoms with E-state index in [0.29, 0.717) is 22.3 Å². The molecule has 0 radical (unpaired) electrons. The third-order valence-corrected chi connectivity index (χ3v) is 5.91. The lowest BCUT2D eigenvalue weighted by molar-refractivity contribution is -0.147. The van der Waals surface area contributed by atoms with E-state index in [4.69, 9.17) is 5.73 Å². The first-order valence-corrected chi connectivity index (χ1v) is 10.7. The smallest absolute Gasteiger partial charge is 0.383 e. The number of nitrogen functional groups attached to an aromatic ring is 1. The predicted octanol–water partition coefficient (Wildman–Crippen LogP) is 4.47. The van der Waals surface area contributed by atoms with E-state index in [9.17, 15) is 26.3 Å². The second-order valence-electron chi connectivity index (χ2n) is 8.16. The molecule has 1 aromatic carbocycles. The summed E-state index contributed by atoms with van der Waals surface area (Å²) in [4.78, 5) is 9.63. The van der Waals surface area contributed by atoms with E-state index in [1.165, 1.54) is 11.1 Å². The maximum absolute atomic E-state index is 14.0. The van der Waals surface area contributed by atoms with Crippen LogP contribution < -0.4 is 16.0 Å². The fourth-order valence-electron chi connectivity index (χ4n) is 4.19.